The lowest BCUT2D eigenvalue weighted by atomic mass is 10.1. The Bertz CT molecular complexity index is 75.7. The molecule has 1 atom stereocenters. The largest absolute Gasteiger partial charge is 0.330 e. The van der Waals surface area contributed by atoms with Crippen LogP contribution in [0.25, 0.3) is 0 Å². The van der Waals surface area contributed by atoms with Crippen LogP contribution in [-0.4, -0.2) is 19.1 Å². The Morgan fingerprint density at radius 1 is 0.818 bits per heavy atom. The van der Waals surface area contributed by atoms with Crippen LogP contribution < -0.4 is 17.2 Å². The highest BCUT2D eigenvalue weighted by molar-refractivity contribution is 4.61. The van der Waals surface area contributed by atoms with Crippen molar-refractivity contribution < 1.29 is 0 Å². The molecule has 0 saturated carbocycles. The zero-order valence-electron chi connectivity index (χ0n) is 7.26. The summed E-state index contributed by atoms with van der Waals surface area (Å²) < 4.78 is 0. The minimum absolute atomic E-state index is 0.303. The summed E-state index contributed by atoms with van der Waals surface area (Å²) in [4.78, 5) is 0. The molecule has 6 N–H and O–H groups in total. The van der Waals surface area contributed by atoms with Gasteiger partial charge in [0.25, 0.3) is 0 Å². The molecule has 0 fully saturated rings. The lowest BCUT2D eigenvalue weighted by molar-refractivity contribution is 0.530. The van der Waals surface area contributed by atoms with Crippen molar-refractivity contribution in [2.24, 2.45) is 17.2 Å². The molecule has 0 spiro atoms. The van der Waals surface area contributed by atoms with E-state index in [9.17, 15) is 0 Å². The molecule has 68 valence electrons. The topological polar surface area (TPSA) is 78.1 Å². The van der Waals surface area contributed by atoms with E-state index in [1.54, 1.807) is 0 Å². The van der Waals surface area contributed by atoms with Gasteiger partial charge in [-0.2, -0.15) is 0 Å². The van der Waals surface area contributed by atoms with Crippen molar-refractivity contribution in [3.05, 3.63) is 0 Å². The Labute approximate surface area is 69.3 Å². The molecular formula is C8H21N3. The molecule has 11 heavy (non-hydrogen) atoms. The van der Waals surface area contributed by atoms with Gasteiger partial charge < -0.3 is 17.2 Å². The van der Waals surface area contributed by atoms with E-state index in [2.05, 4.69) is 0 Å². The van der Waals surface area contributed by atoms with E-state index in [1.807, 2.05) is 0 Å². The molecule has 0 aliphatic carbocycles. The van der Waals surface area contributed by atoms with E-state index in [1.165, 1.54) is 12.8 Å². The predicted molar refractivity (Wildman–Crippen MR) is 49.2 cm³/mol. The van der Waals surface area contributed by atoms with Crippen LogP contribution in [0.5, 0.6) is 0 Å². The Kier molecular flexibility index (Phi) is 7.89. The van der Waals surface area contributed by atoms with Crippen molar-refractivity contribution in [2.45, 2.75) is 38.1 Å². The van der Waals surface area contributed by atoms with Crippen LogP contribution in [0.1, 0.15) is 32.1 Å². The van der Waals surface area contributed by atoms with E-state index in [0.717, 1.165) is 25.8 Å². The molecule has 0 radical (unpaired) electrons. The smallest absolute Gasteiger partial charge is 0.00508 e. The summed E-state index contributed by atoms with van der Waals surface area (Å²) in [5.74, 6) is 0. The SMILES string of the molecule is NCCCCCC(N)CCN. The number of nitrogens with two attached hydrogens (primary N) is 3. The van der Waals surface area contributed by atoms with Crippen LogP contribution in [0.15, 0.2) is 0 Å². The standard InChI is InChI=1S/C8H21N3/c9-6-3-1-2-4-8(11)5-7-10/h8H,1-7,9-11H2. The average molecular weight is 159 g/mol. The maximum atomic E-state index is 5.76. The number of unbranched alkanes of at least 4 members (excludes halogenated alkanes) is 2. The summed E-state index contributed by atoms with van der Waals surface area (Å²) >= 11 is 0. The second-order valence-electron chi connectivity index (χ2n) is 2.98. The first-order valence-electron chi connectivity index (χ1n) is 4.47. The van der Waals surface area contributed by atoms with Gasteiger partial charge in [-0.05, 0) is 32.4 Å². The van der Waals surface area contributed by atoms with Crippen molar-refractivity contribution in [2.75, 3.05) is 13.1 Å². The molecule has 0 aliphatic heterocycles. The highest BCUT2D eigenvalue weighted by atomic mass is 14.6. The highest BCUT2D eigenvalue weighted by Crippen LogP contribution is 2.02. The zero-order valence-corrected chi connectivity index (χ0v) is 7.26. The molecule has 1 unspecified atom stereocenters. The summed E-state index contributed by atoms with van der Waals surface area (Å²) in [7, 11) is 0. The molecule has 0 amide bonds. The summed E-state index contributed by atoms with van der Waals surface area (Å²) in [6, 6.07) is 0.303. The van der Waals surface area contributed by atoms with Gasteiger partial charge in [0.15, 0.2) is 0 Å². The predicted octanol–water partition coefficient (Wildman–Crippen LogP) is 0.182. The maximum absolute atomic E-state index is 5.76. The van der Waals surface area contributed by atoms with Gasteiger partial charge in [0.1, 0.15) is 0 Å². The maximum Gasteiger partial charge on any atom is 0.00508 e. The Morgan fingerprint density at radius 2 is 1.55 bits per heavy atom. The number of rotatable bonds is 7. The lowest BCUT2D eigenvalue weighted by Crippen LogP contribution is -2.23. The molecule has 0 aromatic rings. The van der Waals surface area contributed by atoms with E-state index in [0.29, 0.717) is 12.6 Å². The molecule has 0 aromatic heterocycles. The fourth-order valence-corrected chi connectivity index (χ4v) is 1.09. The second kappa shape index (κ2) is 7.98. The lowest BCUT2D eigenvalue weighted by Gasteiger charge is -2.08. The Morgan fingerprint density at radius 3 is 2.09 bits per heavy atom. The van der Waals surface area contributed by atoms with Crippen LogP contribution in [0.2, 0.25) is 0 Å². The number of hydrogen-bond acceptors (Lipinski definition) is 3. The third kappa shape index (κ3) is 7.78. The van der Waals surface area contributed by atoms with Gasteiger partial charge in [-0.1, -0.05) is 12.8 Å². The third-order valence-electron chi connectivity index (χ3n) is 1.82. The minimum Gasteiger partial charge on any atom is -0.330 e. The summed E-state index contributed by atoms with van der Waals surface area (Å²) in [6.07, 6.45) is 5.56. The van der Waals surface area contributed by atoms with Gasteiger partial charge in [0, 0.05) is 6.04 Å². The van der Waals surface area contributed by atoms with Gasteiger partial charge >= 0.3 is 0 Å². The Balaban J connectivity index is 2.97. The molecule has 0 bridgehead atoms. The molecule has 0 heterocycles. The van der Waals surface area contributed by atoms with Gasteiger partial charge in [0.2, 0.25) is 0 Å². The van der Waals surface area contributed by atoms with E-state index < -0.39 is 0 Å². The van der Waals surface area contributed by atoms with Gasteiger partial charge in [0.05, 0.1) is 0 Å². The first-order valence-corrected chi connectivity index (χ1v) is 4.47. The Hall–Kier alpha value is -0.120. The summed E-state index contributed by atoms with van der Waals surface area (Å²) in [5, 5.41) is 0. The third-order valence-corrected chi connectivity index (χ3v) is 1.82. The van der Waals surface area contributed by atoms with Crippen LogP contribution >= 0.6 is 0 Å². The molecule has 0 aliphatic rings. The first-order chi connectivity index (χ1) is 5.31. The van der Waals surface area contributed by atoms with Crippen LogP contribution in [0.3, 0.4) is 0 Å². The van der Waals surface area contributed by atoms with Crippen molar-refractivity contribution >= 4 is 0 Å². The second-order valence-corrected chi connectivity index (χ2v) is 2.98. The summed E-state index contributed by atoms with van der Waals surface area (Å²) in [5.41, 5.74) is 16.5. The van der Waals surface area contributed by atoms with Crippen LogP contribution in [0.4, 0.5) is 0 Å². The zero-order chi connectivity index (χ0) is 8.53. The monoisotopic (exact) mass is 159 g/mol. The normalized spacial score (nSPS) is 13.4. The van der Waals surface area contributed by atoms with E-state index >= 15 is 0 Å². The van der Waals surface area contributed by atoms with Crippen molar-refractivity contribution in [3.63, 3.8) is 0 Å². The average Bonchev–Trinajstić information content (AvgIpc) is 1.99. The van der Waals surface area contributed by atoms with Gasteiger partial charge in [-0.3, -0.25) is 0 Å². The quantitative estimate of drug-likeness (QED) is 0.464. The minimum atomic E-state index is 0.303. The van der Waals surface area contributed by atoms with E-state index in [4.69, 9.17) is 17.2 Å². The fourth-order valence-electron chi connectivity index (χ4n) is 1.09. The van der Waals surface area contributed by atoms with Crippen molar-refractivity contribution in [1.82, 2.24) is 0 Å². The molecule has 3 nitrogen and oxygen atoms in total. The molecule has 0 rings (SSSR count). The highest BCUT2D eigenvalue weighted by Gasteiger charge is 1.99. The van der Waals surface area contributed by atoms with Crippen molar-refractivity contribution in [3.8, 4) is 0 Å². The fraction of sp³-hybridized carbons (Fsp3) is 1.00. The number of hydrogen-bond donors (Lipinski definition) is 3. The van der Waals surface area contributed by atoms with Crippen LogP contribution in [-0.2, 0) is 0 Å². The molecule has 0 saturated heterocycles. The molecule has 3 heteroatoms. The molecular weight excluding hydrogens is 138 g/mol. The van der Waals surface area contributed by atoms with Crippen LogP contribution in [0, 0.1) is 0 Å². The summed E-state index contributed by atoms with van der Waals surface area (Å²) in [6.45, 7) is 1.50. The van der Waals surface area contributed by atoms with Gasteiger partial charge in [-0.15, -0.1) is 0 Å². The van der Waals surface area contributed by atoms with Gasteiger partial charge in [-0.25, -0.2) is 0 Å². The first kappa shape index (κ1) is 10.9. The van der Waals surface area contributed by atoms with Crippen molar-refractivity contribution in [1.29, 1.82) is 0 Å². The van der Waals surface area contributed by atoms with E-state index in [-0.39, 0.29) is 0 Å². The molecule has 0 aromatic carbocycles.